The monoisotopic (exact) mass is 398 g/mol. The molecule has 4 heterocycles. The van der Waals surface area contributed by atoms with Crippen molar-refractivity contribution in [3.05, 3.63) is 48.0 Å². The number of carbonyl (C=O) groups is 1. The highest BCUT2D eigenvalue weighted by Crippen LogP contribution is 2.54. The molecule has 2 aromatic rings. The summed E-state index contributed by atoms with van der Waals surface area (Å²) < 4.78 is 24.9. The smallest absolute Gasteiger partial charge is 0.255 e. The number of rotatable bonds is 5. The van der Waals surface area contributed by atoms with Crippen LogP contribution in [-0.2, 0) is 4.74 Å². The highest BCUT2D eigenvalue weighted by Gasteiger charge is 2.63. The van der Waals surface area contributed by atoms with Crippen LogP contribution in [0.3, 0.4) is 0 Å². The van der Waals surface area contributed by atoms with E-state index in [1.807, 2.05) is 12.1 Å². The number of benzene rings is 1. The zero-order chi connectivity index (χ0) is 20.0. The number of anilines is 1. The Morgan fingerprint density at radius 3 is 2.97 bits per heavy atom. The van der Waals surface area contributed by atoms with Gasteiger partial charge in [0.15, 0.2) is 5.82 Å². The predicted molar refractivity (Wildman–Crippen MR) is 103 cm³/mol. The number of halogens is 1. The van der Waals surface area contributed by atoms with Crippen LogP contribution in [0, 0.1) is 17.7 Å². The highest BCUT2D eigenvalue weighted by atomic mass is 19.1. The van der Waals surface area contributed by atoms with E-state index in [2.05, 4.69) is 20.2 Å². The molecule has 3 saturated heterocycles. The lowest BCUT2D eigenvalue weighted by molar-refractivity contribution is 0.0141. The quantitative estimate of drug-likeness (QED) is 0.831. The van der Waals surface area contributed by atoms with E-state index in [1.54, 1.807) is 19.2 Å². The van der Waals surface area contributed by atoms with Crippen LogP contribution in [0.4, 0.5) is 10.3 Å². The summed E-state index contributed by atoms with van der Waals surface area (Å²) in [6, 6.07) is 7.20. The zero-order valence-corrected chi connectivity index (χ0v) is 16.2. The molecule has 1 spiro atoms. The maximum absolute atomic E-state index is 13.2. The molecular formula is C21H23FN4O3. The Morgan fingerprint density at radius 2 is 2.17 bits per heavy atom. The van der Waals surface area contributed by atoms with Crippen molar-refractivity contribution in [1.82, 2.24) is 15.3 Å². The van der Waals surface area contributed by atoms with Crippen molar-refractivity contribution in [2.24, 2.45) is 11.8 Å². The second kappa shape index (κ2) is 6.95. The number of nitrogens with one attached hydrogen (secondary N) is 1. The van der Waals surface area contributed by atoms with Gasteiger partial charge in [-0.1, -0.05) is 12.1 Å². The molecule has 1 N–H and O–H groups in total. The maximum atomic E-state index is 13.2. The first-order valence-electron chi connectivity index (χ1n) is 9.91. The van der Waals surface area contributed by atoms with Crippen molar-refractivity contribution in [1.29, 1.82) is 0 Å². The van der Waals surface area contributed by atoms with Crippen molar-refractivity contribution >= 4 is 11.9 Å². The fourth-order valence-electron chi connectivity index (χ4n) is 5.22. The number of aromatic nitrogens is 2. The number of amides is 1. The van der Waals surface area contributed by atoms with Crippen LogP contribution in [0.2, 0.25) is 0 Å². The summed E-state index contributed by atoms with van der Waals surface area (Å²) in [6.45, 7) is 2.00. The molecule has 152 valence electrons. The van der Waals surface area contributed by atoms with Gasteiger partial charge in [-0.15, -0.1) is 0 Å². The number of para-hydroxylation sites is 1. The topological polar surface area (TPSA) is 76.6 Å². The molecule has 1 aromatic carbocycles. The van der Waals surface area contributed by atoms with Crippen molar-refractivity contribution in [2.45, 2.75) is 24.5 Å². The molecule has 1 aromatic heterocycles. The Kier molecular flexibility index (Phi) is 4.38. The molecule has 3 aliphatic rings. The van der Waals surface area contributed by atoms with E-state index in [0.717, 1.165) is 19.4 Å². The van der Waals surface area contributed by atoms with Gasteiger partial charge in [0.05, 0.1) is 43.3 Å². The molecule has 29 heavy (non-hydrogen) atoms. The first-order chi connectivity index (χ1) is 14.1. The van der Waals surface area contributed by atoms with Crippen LogP contribution in [-0.4, -0.2) is 54.3 Å². The Morgan fingerprint density at radius 1 is 1.38 bits per heavy atom. The van der Waals surface area contributed by atoms with Crippen LogP contribution < -0.4 is 15.0 Å². The molecule has 2 bridgehead atoms. The molecule has 0 unspecified atom stereocenters. The second-order valence-electron chi connectivity index (χ2n) is 8.02. The molecule has 7 nitrogen and oxygen atoms in total. The third-order valence-electron chi connectivity index (χ3n) is 6.52. The Bertz CT molecular complexity index is 924. The van der Waals surface area contributed by atoms with Gasteiger partial charge in [0.25, 0.3) is 5.91 Å². The Labute approximate surface area is 168 Å². The van der Waals surface area contributed by atoms with Crippen molar-refractivity contribution in [2.75, 3.05) is 31.6 Å². The minimum Gasteiger partial charge on any atom is -0.496 e. The standard InChI is InChI=1S/C21H23FN4O3/c1-28-17-5-3-2-4-14(17)19(27)23-10-15-16-11-26(20-24-8-13(22)9-25-20)12-21(16)7-6-18(15)29-21/h2-5,8-9,15-16,18H,6-7,10-12H2,1H3,(H,23,27)/t15-,16+,18+,21+/m0/s1. The third kappa shape index (κ3) is 3.02. The highest BCUT2D eigenvalue weighted by molar-refractivity contribution is 5.96. The lowest BCUT2D eigenvalue weighted by atomic mass is 9.73. The van der Waals surface area contributed by atoms with E-state index in [-0.39, 0.29) is 29.4 Å². The molecule has 5 rings (SSSR count). The van der Waals surface area contributed by atoms with Crippen LogP contribution in [0.5, 0.6) is 5.75 Å². The van der Waals surface area contributed by atoms with E-state index in [0.29, 0.717) is 30.4 Å². The number of hydrogen-bond acceptors (Lipinski definition) is 6. The van der Waals surface area contributed by atoms with Gasteiger partial charge in [0.1, 0.15) is 5.75 Å². The number of nitrogens with zero attached hydrogens (tertiary/aromatic N) is 3. The zero-order valence-electron chi connectivity index (χ0n) is 16.2. The van der Waals surface area contributed by atoms with E-state index in [4.69, 9.17) is 9.47 Å². The molecule has 4 atom stereocenters. The number of ether oxygens (including phenoxy) is 2. The minimum absolute atomic E-state index is 0.143. The van der Waals surface area contributed by atoms with Crippen molar-refractivity contribution in [3.8, 4) is 5.75 Å². The van der Waals surface area contributed by atoms with Crippen molar-refractivity contribution in [3.63, 3.8) is 0 Å². The van der Waals surface area contributed by atoms with Crippen LogP contribution in [0.1, 0.15) is 23.2 Å². The summed E-state index contributed by atoms with van der Waals surface area (Å²) in [5.74, 6) is 1.02. The fraction of sp³-hybridized carbons (Fsp3) is 0.476. The Balaban J connectivity index is 1.29. The number of carbonyl (C=O) groups excluding carboxylic acids is 1. The Hall–Kier alpha value is -2.74. The minimum atomic E-state index is -0.444. The number of methoxy groups -OCH3 is 1. The van der Waals surface area contributed by atoms with Gasteiger partial charge in [-0.3, -0.25) is 4.79 Å². The van der Waals surface area contributed by atoms with Gasteiger partial charge in [-0.25, -0.2) is 14.4 Å². The van der Waals surface area contributed by atoms with E-state index in [1.165, 1.54) is 12.4 Å². The summed E-state index contributed by atoms with van der Waals surface area (Å²) >= 11 is 0. The van der Waals surface area contributed by atoms with E-state index >= 15 is 0 Å². The summed E-state index contributed by atoms with van der Waals surface area (Å²) in [7, 11) is 1.56. The first kappa shape index (κ1) is 18.3. The van der Waals surface area contributed by atoms with Crippen LogP contribution in [0.15, 0.2) is 36.7 Å². The lowest BCUT2D eigenvalue weighted by Crippen LogP contribution is -2.42. The molecule has 1 amide bonds. The fourth-order valence-corrected chi connectivity index (χ4v) is 5.22. The lowest BCUT2D eigenvalue weighted by Gasteiger charge is -2.29. The predicted octanol–water partition coefficient (Wildman–Crippen LogP) is 2.04. The molecule has 0 saturated carbocycles. The molecule has 0 aliphatic carbocycles. The van der Waals surface area contributed by atoms with Crippen molar-refractivity contribution < 1.29 is 18.7 Å². The molecular weight excluding hydrogens is 375 g/mol. The van der Waals surface area contributed by atoms with Gasteiger partial charge in [-0.2, -0.15) is 0 Å². The van der Waals surface area contributed by atoms with E-state index < -0.39 is 5.82 Å². The SMILES string of the molecule is COc1ccccc1C(=O)NC[C@H]1[C@H]2CN(c3ncc(F)cn3)C[C@]23CC[C@H]1O3. The first-order valence-corrected chi connectivity index (χ1v) is 9.91. The van der Waals surface area contributed by atoms with Gasteiger partial charge in [0.2, 0.25) is 5.95 Å². The maximum Gasteiger partial charge on any atom is 0.255 e. The normalized spacial score (nSPS) is 29.7. The van der Waals surface area contributed by atoms with Gasteiger partial charge in [-0.05, 0) is 25.0 Å². The molecule has 8 heteroatoms. The molecule has 0 radical (unpaired) electrons. The second-order valence-corrected chi connectivity index (χ2v) is 8.02. The number of fused-ring (bicyclic) bond motifs is 1. The van der Waals surface area contributed by atoms with Gasteiger partial charge in [0, 0.05) is 24.9 Å². The average molecular weight is 398 g/mol. The summed E-state index contributed by atoms with van der Waals surface area (Å²) in [4.78, 5) is 23.0. The molecule has 3 fully saturated rings. The largest absolute Gasteiger partial charge is 0.496 e. The summed E-state index contributed by atoms with van der Waals surface area (Å²) in [6.07, 6.45) is 4.53. The molecule has 3 aliphatic heterocycles. The average Bonchev–Trinajstić information content (AvgIpc) is 3.41. The van der Waals surface area contributed by atoms with Crippen LogP contribution >= 0.6 is 0 Å². The summed E-state index contributed by atoms with van der Waals surface area (Å²) in [5, 5.41) is 3.07. The number of hydrogen-bond donors (Lipinski definition) is 1. The summed E-state index contributed by atoms with van der Waals surface area (Å²) in [5.41, 5.74) is 0.309. The van der Waals surface area contributed by atoms with E-state index in [9.17, 15) is 9.18 Å². The van der Waals surface area contributed by atoms with Gasteiger partial charge >= 0.3 is 0 Å². The van der Waals surface area contributed by atoms with Crippen LogP contribution in [0.25, 0.3) is 0 Å². The van der Waals surface area contributed by atoms with Gasteiger partial charge < -0.3 is 19.7 Å². The third-order valence-corrected chi connectivity index (χ3v) is 6.52.